The molecule has 0 saturated carbocycles. The van der Waals surface area contributed by atoms with Gasteiger partial charge in [-0.15, -0.1) is 0 Å². The maximum absolute atomic E-state index is 11.6. The molecule has 0 aliphatic heterocycles. The van der Waals surface area contributed by atoms with Gasteiger partial charge in [-0.25, -0.2) is 4.98 Å². The van der Waals surface area contributed by atoms with Crippen LogP contribution in [0.2, 0.25) is 0 Å². The number of hydrogen-bond donors (Lipinski definition) is 2. The van der Waals surface area contributed by atoms with Crippen LogP contribution >= 0.6 is 0 Å². The summed E-state index contributed by atoms with van der Waals surface area (Å²) in [5.41, 5.74) is 5.66. The average Bonchev–Trinajstić information content (AvgIpc) is 2.90. The molecule has 0 aliphatic carbocycles. The fourth-order valence-electron chi connectivity index (χ4n) is 2.03. The van der Waals surface area contributed by atoms with E-state index in [2.05, 4.69) is 21.9 Å². The van der Waals surface area contributed by atoms with Crippen LogP contribution in [0.5, 0.6) is 0 Å². The van der Waals surface area contributed by atoms with E-state index in [4.69, 9.17) is 15.2 Å². The number of H-pyrrole nitrogens is 1. The van der Waals surface area contributed by atoms with Crippen LogP contribution in [0, 0.1) is 0 Å². The summed E-state index contributed by atoms with van der Waals surface area (Å²) in [6.07, 6.45) is 4.82. The number of aromatic nitrogens is 4. The number of carbonyl (C=O) groups excluding carboxylic acids is 1. The van der Waals surface area contributed by atoms with Gasteiger partial charge in [-0.05, 0) is 6.42 Å². The molecule has 9 nitrogen and oxygen atoms in total. The molecule has 2 rings (SSSR count). The van der Waals surface area contributed by atoms with Crippen molar-refractivity contribution in [2.24, 2.45) is 0 Å². The Morgan fingerprint density at radius 1 is 1.39 bits per heavy atom. The van der Waals surface area contributed by atoms with Gasteiger partial charge in [-0.2, -0.15) is 4.98 Å². The first-order valence-corrected chi connectivity index (χ1v) is 7.55. The minimum absolute atomic E-state index is 0.0188. The van der Waals surface area contributed by atoms with Gasteiger partial charge in [-0.1, -0.05) is 19.8 Å². The van der Waals surface area contributed by atoms with Crippen LogP contribution < -0.4 is 11.3 Å². The Balaban J connectivity index is 1.75. The largest absolute Gasteiger partial charge is 0.463 e. The molecule has 126 valence electrons. The molecule has 0 amide bonds. The van der Waals surface area contributed by atoms with E-state index in [1.54, 1.807) is 4.57 Å². The van der Waals surface area contributed by atoms with E-state index in [9.17, 15) is 9.59 Å². The van der Waals surface area contributed by atoms with Gasteiger partial charge < -0.3 is 15.2 Å². The summed E-state index contributed by atoms with van der Waals surface area (Å²) in [6.45, 7) is 2.65. The molecular weight excluding hydrogens is 302 g/mol. The molecule has 2 aromatic rings. The van der Waals surface area contributed by atoms with Crippen molar-refractivity contribution in [3.63, 3.8) is 0 Å². The van der Waals surface area contributed by atoms with Gasteiger partial charge in [-0.3, -0.25) is 19.1 Å². The van der Waals surface area contributed by atoms with Crippen LogP contribution in [0.1, 0.15) is 32.6 Å². The Bertz CT molecular complexity index is 709. The van der Waals surface area contributed by atoms with Gasteiger partial charge in [0.15, 0.2) is 11.2 Å². The SMILES string of the molecule is CCCCCC(=O)OCCOCn1cnc2c(=O)[nH]c(N)nc21. The van der Waals surface area contributed by atoms with Crippen molar-refractivity contribution in [2.75, 3.05) is 18.9 Å². The summed E-state index contributed by atoms with van der Waals surface area (Å²) in [4.78, 5) is 33.4. The third-order valence-electron chi connectivity index (χ3n) is 3.20. The molecule has 0 bridgehead atoms. The molecule has 0 saturated heterocycles. The van der Waals surface area contributed by atoms with Crippen molar-refractivity contribution in [1.29, 1.82) is 0 Å². The Morgan fingerprint density at radius 3 is 3.00 bits per heavy atom. The Labute approximate surface area is 132 Å². The van der Waals surface area contributed by atoms with Crippen LogP contribution in [0.25, 0.3) is 11.2 Å². The Kier molecular flexibility index (Phi) is 6.10. The third kappa shape index (κ3) is 4.78. The first kappa shape index (κ1) is 16.9. The molecule has 0 spiro atoms. The smallest absolute Gasteiger partial charge is 0.305 e. The number of rotatable bonds is 9. The summed E-state index contributed by atoms with van der Waals surface area (Å²) < 4.78 is 12.0. The lowest BCUT2D eigenvalue weighted by Crippen LogP contribution is -2.14. The lowest BCUT2D eigenvalue weighted by atomic mass is 10.2. The summed E-state index contributed by atoms with van der Waals surface area (Å²) in [5.74, 6) is -0.193. The third-order valence-corrected chi connectivity index (χ3v) is 3.20. The minimum Gasteiger partial charge on any atom is -0.463 e. The van der Waals surface area contributed by atoms with E-state index in [1.165, 1.54) is 6.33 Å². The van der Waals surface area contributed by atoms with Gasteiger partial charge >= 0.3 is 5.97 Å². The highest BCUT2D eigenvalue weighted by Crippen LogP contribution is 2.06. The lowest BCUT2D eigenvalue weighted by molar-refractivity contribution is -0.145. The number of unbranched alkanes of at least 4 members (excludes halogenated alkanes) is 2. The van der Waals surface area contributed by atoms with Crippen molar-refractivity contribution >= 4 is 23.1 Å². The van der Waals surface area contributed by atoms with Crippen molar-refractivity contribution in [3.05, 3.63) is 16.7 Å². The van der Waals surface area contributed by atoms with Gasteiger partial charge in [0, 0.05) is 6.42 Å². The van der Waals surface area contributed by atoms with Gasteiger partial charge in [0.2, 0.25) is 5.95 Å². The molecule has 0 radical (unpaired) electrons. The second-order valence-electron chi connectivity index (χ2n) is 5.05. The molecule has 2 aromatic heterocycles. The van der Waals surface area contributed by atoms with Crippen LogP contribution in [0.15, 0.2) is 11.1 Å². The first-order valence-electron chi connectivity index (χ1n) is 7.55. The molecular formula is C14H21N5O4. The molecule has 0 aliphatic rings. The van der Waals surface area contributed by atoms with Crippen LogP contribution in [0.4, 0.5) is 5.95 Å². The zero-order chi connectivity index (χ0) is 16.7. The predicted molar refractivity (Wildman–Crippen MR) is 83.6 cm³/mol. The number of imidazole rings is 1. The van der Waals surface area contributed by atoms with Crippen LogP contribution in [-0.4, -0.2) is 38.7 Å². The number of nitrogens with zero attached hydrogens (tertiary/aromatic N) is 3. The molecule has 0 unspecified atom stereocenters. The highest BCUT2D eigenvalue weighted by Gasteiger charge is 2.09. The number of ether oxygens (including phenoxy) is 2. The van der Waals surface area contributed by atoms with Gasteiger partial charge in [0.25, 0.3) is 5.56 Å². The quantitative estimate of drug-likeness (QED) is 0.516. The number of aromatic amines is 1. The predicted octanol–water partition coefficient (Wildman–Crippen LogP) is 0.799. The molecule has 23 heavy (non-hydrogen) atoms. The van der Waals surface area contributed by atoms with Crippen molar-refractivity contribution < 1.29 is 14.3 Å². The molecule has 0 aromatic carbocycles. The summed E-state index contributed by atoms with van der Waals surface area (Å²) in [7, 11) is 0. The molecule has 0 atom stereocenters. The minimum atomic E-state index is -0.396. The highest BCUT2D eigenvalue weighted by molar-refractivity contribution is 5.70. The number of hydrogen-bond acceptors (Lipinski definition) is 7. The van der Waals surface area contributed by atoms with E-state index >= 15 is 0 Å². The highest BCUT2D eigenvalue weighted by atomic mass is 16.6. The van der Waals surface area contributed by atoms with E-state index in [1.807, 2.05) is 0 Å². The summed E-state index contributed by atoms with van der Waals surface area (Å²) in [6, 6.07) is 0. The molecule has 9 heteroatoms. The average molecular weight is 323 g/mol. The number of nitrogens with two attached hydrogens (primary N) is 1. The zero-order valence-corrected chi connectivity index (χ0v) is 13.1. The van der Waals surface area contributed by atoms with Crippen molar-refractivity contribution in [3.8, 4) is 0 Å². The zero-order valence-electron chi connectivity index (χ0n) is 13.1. The fourth-order valence-corrected chi connectivity index (χ4v) is 2.03. The first-order chi connectivity index (χ1) is 11.1. The van der Waals surface area contributed by atoms with Gasteiger partial charge in [0.1, 0.15) is 13.3 Å². The second kappa shape index (κ2) is 8.28. The van der Waals surface area contributed by atoms with E-state index in [0.717, 1.165) is 19.3 Å². The van der Waals surface area contributed by atoms with E-state index in [-0.39, 0.29) is 37.4 Å². The van der Waals surface area contributed by atoms with Gasteiger partial charge in [0.05, 0.1) is 12.9 Å². The number of nitrogens with one attached hydrogen (secondary N) is 1. The molecule has 3 N–H and O–H groups in total. The van der Waals surface area contributed by atoms with Crippen molar-refractivity contribution in [2.45, 2.75) is 39.3 Å². The second-order valence-corrected chi connectivity index (χ2v) is 5.05. The molecule has 2 heterocycles. The standard InChI is InChI=1S/C14H21N5O4/c1-2-3-4-5-10(20)23-7-6-22-9-19-8-16-11-12(19)17-14(15)18-13(11)21/h8H,2-7,9H2,1H3,(H3,15,17,18,21). The number of nitrogen functional groups attached to an aromatic ring is 1. The number of esters is 1. The molecule has 0 fully saturated rings. The van der Waals surface area contributed by atoms with Crippen LogP contribution in [-0.2, 0) is 21.0 Å². The Morgan fingerprint density at radius 2 is 2.22 bits per heavy atom. The number of anilines is 1. The van der Waals surface area contributed by atoms with Crippen LogP contribution in [0.3, 0.4) is 0 Å². The fraction of sp³-hybridized carbons (Fsp3) is 0.571. The summed E-state index contributed by atoms with van der Waals surface area (Å²) in [5, 5.41) is 0. The van der Waals surface area contributed by atoms with E-state index in [0.29, 0.717) is 12.1 Å². The monoisotopic (exact) mass is 323 g/mol. The number of fused-ring (bicyclic) bond motifs is 1. The maximum Gasteiger partial charge on any atom is 0.305 e. The van der Waals surface area contributed by atoms with E-state index < -0.39 is 5.56 Å². The lowest BCUT2D eigenvalue weighted by Gasteiger charge is -2.07. The van der Waals surface area contributed by atoms with Crippen molar-refractivity contribution in [1.82, 2.24) is 19.5 Å². The normalized spacial score (nSPS) is 11.0. The maximum atomic E-state index is 11.6. The number of carbonyl (C=O) groups is 1. The Hall–Kier alpha value is -2.42. The summed E-state index contributed by atoms with van der Waals surface area (Å²) >= 11 is 0. The topological polar surface area (TPSA) is 125 Å².